The van der Waals surface area contributed by atoms with Gasteiger partial charge in [-0.1, -0.05) is 18.5 Å². The van der Waals surface area contributed by atoms with E-state index in [0.717, 1.165) is 6.07 Å². The molecule has 0 atom stereocenters. The van der Waals surface area contributed by atoms with Gasteiger partial charge in [0.2, 0.25) is 5.95 Å². The molecule has 2 aromatic heterocycles. The number of anilines is 1. The lowest BCUT2D eigenvalue weighted by Crippen LogP contribution is -2.22. The minimum Gasteiger partial charge on any atom is -0.306 e. The minimum atomic E-state index is -0.687. The molecule has 1 aromatic carbocycles. The van der Waals surface area contributed by atoms with Crippen LogP contribution < -0.4 is 10.9 Å². The number of hydrogen-bond acceptors (Lipinski definition) is 4. The molecule has 0 saturated carbocycles. The molecule has 2 heterocycles. The molecule has 9 heteroatoms. The van der Waals surface area contributed by atoms with Crippen LogP contribution in [-0.4, -0.2) is 25.7 Å². The van der Waals surface area contributed by atoms with E-state index in [-0.39, 0.29) is 22.1 Å². The predicted molar refractivity (Wildman–Crippen MR) is 105 cm³/mol. The number of nitrogens with one attached hydrogen (secondary N) is 2. The first-order chi connectivity index (χ1) is 13.2. The molecule has 0 aliphatic carbocycles. The van der Waals surface area contributed by atoms with Gasteiger partial charge in [0, 0.05) is 22.4 Å². The van der Waals surface area contributed by atoms with Crippen LogP contribution in [0.2, 0.25) is 5.02 Å². The minimum absolute atomic E-state index is 0.0677. The Hall–Kier alpha value is -3.00. The summed E-state index contributed by atoms with van der Waals surface area (Å²) in [6.07, 6.45) is 0.553. The van der Waals surface area contributed by atoms with E-state index >= 15 is 0 Å². The molecule has 0 bridgehead atoms. The highest BCUT2D eigenvalue weighted by atomic mass is 35.5. The molecule has 0 unspecified atom stereocenters. The Labute approximate surface area is 165 Å². The van der Waals surface area contributed by atoms with Crippen molar-refractivity contribution in [3.63, 3.8) is 0 Å². The number of rotatable bonds is 4. The Morgan fingerprint density at radius 1 is 1.29 bits per heavy atom. The number of H-pyrrole nitrogens is 1. The van der Waals surface area contributed by atoms with Crippen molar-refractivity contribution < 1.29 is 9.18 Å². The van der Waals surface area contributed by atoms with Gasteiger partial charge >= 0.3 is 0 Å². The zero-order chi connectivity index (χ0) is 20.6. The molecular formula is C19H19ClFN5O2. The number of aromatic nitrogens is 4. The maximum atomic E-state index is 13.7. The number of aromatic amines is 1. The Kier molecular flexibility index (Phi) is 5.33. The van der Waals surface area contributed by atoms with E-state index < -0.39 is 11.7 Å². The molecule has 0 fully saturated rings. The lowest BCUT2D eigenvalue weighted by Gasteiger charge is -2.11. The summed E-state index contributed by atoms with van der Waals surface area (Å²) < 4.78 is 15.1. The molecule has 2 N–H and O–H groups in total. The van der Waals surface area contributed by atoms with Crippen molar-refractivity contribution >= 4 is 23.3 Å². The van der Waals surface area contributed by atoms with Gasteiger partial charge in [-0.25, -0.2) is 9.37 Å². The molecule has 0 aliphatic heterocycles. The monoisotopic (exact) mass is 403 g/mol. The molecular weight excluding hydrogens is 385 g/mol. The topological polar surface area (TPSA) is 92.7 Å². The van der Waals surface area contributed by atoms with Gasteiger partial charge in [0.25, 0.3) is 11.5 Å². The Morgan fingerprint density at radius 2 is 2.00 bits per heavy atom. The fourth-order valence-corrected chi connectivity index (χ4v) is 2.95. The van der Waals surface area contributed by atoms with E-state index in [1.807, 2.05) is 6.92 Å². The number of carbonyl (C=O) groups is 1. The number of halogens is 2. The first kappa shape index (κ1) is 19.8. The lowest BCUT2D eigenvalue weighted by molar-refractivity contribution is 0.102. The number of nitrogens with zero attached hydrogens (tertiary/aromatic N) is 3. The van der Waals surface area contributed by atoms with Crippen molar-refractivity contribution in [2.75, 3.05) is 5.32 Å². The number of aryl methyl sites for hydroxylation is 2. The summed E-state index contributed by atoms with van der Waals surface area (Å²) in [6.45, 7) is 7.17. The highest BCUT2D eigenvalue weighted by Crippen LogP contribution is 2.23. The van der Waals surface area contributed by atoms with Crippen molar-refractivity contribution in [2.45, 2.75) is 34.1 Å². The van der Waals surface area contributed by atoms with E-state index in [4.69, 9.17) is 11.6 Å². The van der Waals surface area contributed by atoms with Gasteiger partial charge in [-0.2, -0.15) is 9.78 Å². The van der Waals surface area contributed by atoms with E-state index in [1.165, 1.54) is 16.8 Å². The third kappa shape index (κ3) is 3.55. The third-order valence-corrected chi connectivity index (χ3v) is 4.84. The van der Waals surface area contributed by atoms with Crippen LogP contribution in [0.1, 0.15) is 39.8 Å². The van der Waals surface area contributed by atoms with Gasteiger partial charge in [0.15, 0.2) is 0 Å². The summed E-state index contributed by atoms with van der Waals surface area (Å²) in [7, 11) is 0. The zero-order valence-corrected chi connectivity index (χ0v) is 16.6. The molecule has 3 aromatic rings. The summed E-state index contributed by atoms with van der Waals surface area (Å²) >= 11 is 5.67. The van der Waals surface area contributed by atoms with Crippen molar-refractivity contribution in [1.82, 2.24) is 19.7 Å². The van der Waals surface area contributed by atoms with E-state index in [0.29, 0.717) is 34.8 Å². The largest absolute Gasteiger partial charge is 0.306 e. The SMILES string of the molecule is CCc1c(C)nc(-n2nc(C)c(C)c2NC(=O)c2ccc(Cl)c(F)c2)[nH]c1=O. The van der Waals surface area contributed by atoms with Crippen molar-refractivity contribution in [3.8, 4) is 5.95 Å². The van der Waals surface area contributed by atoms with Crippen LogP contribution in [0.25, 0.3) is 5.95 Å². The summed E-state index contributed by atoms with van der Waals surface area (Å²) in [5.74, 6) is -0.699. The van der Waals surface area contributed by atoms with Crippen LogP contribution in [-0.2, 0) is 6.42 Å². The van der Waals surface area contributed by atoms with Gasteiger partial charge in [-0.05, 0) is 45.4 Å². The number of carbonyl (C=O) groups excluding carboxylic acids is 1. The molecule has 1 amide bonds. The molecule has 0 saturated heterocycles. The van der Waals surface area contributed by atoms with Gasteiger partial charge in [-0.15, -0.1) is 0 Å². The van der Waals surface area contributed by atoms with E-state index in [1.54, 1.807) is 20.8 Å². The Balaban J connectivity index is 2.05. The Morgan fingerprint density at radius 3 is 2.61 bits per heavy atom. The van der Waals surface area contributed by atoms with Crippen LogP contribution in [0.15, 0.2) is 23.0 Å². The molecule has 146 valence electrons. The summed E-state index contributed by atoms with van der Waals surface area (Å²) in [6, 6.07) is 3.79. The lowest BCUT2D eigenvalue weighted by atomic mass is 10.2. The molecule has 3 rings (SSSR count). The smallest absolute Gasteiger partial charge is 0.256 e. The van der Waals surface area contributed by atoms with Crippen LogP contribution in [0.3, 0.4) is 0 Å². The molecule has 0 radical (unpaired) electrons. The first-order valence-electron chi connectivity index (χ1n) is 8.65. The fourth-order valence-electron chi connectivity index (χ4n) is 2.83. The first-order valence-corrected chi connectivity index (χ1v) is 9.03. The number of amides is 1. The van der Waals surface area contributed by atoms with Crippen molar-refractivity contribution in [1.29, 1.82) is 0 Å². The average Bonchev–Trinajstić information content (AvgIpc) is 2.92. The summed E-state index contributed by atoms with van der Waals surface area (Å²) in [5, 5.41) is 7.02. The van der Waals surface area contributed by atoms with Crippen molar-refractivity contribution in [2.24, 2.45) is 0 Å². The maximum absolute atomic E-state index is 13.7. The van der Waals surface area contributed by atoms with Crippen LogP contribution in [0.4, 0.5) is 10.2 Å². The maximum Gasteiger partial charge on any atom is 0.256 e. The van der Waals surface area contributed by atoms with Gasteiger partial charge < -0.3 is 5.32 Å². The third-order valence-electron chi connectivity index (χ3n) is 4.54. The van der Waals surface area contributed by atoms with Crippen molar-refractivity contribution in [3.05, 3.63) is 67.5 Å². The van der Waals surface area contributed by atoms with E-state index in [2.05, 4.69) is 20.4 Å². The standard InChI is InChI=1S/C19H19ClFN5O2/c1-5-13-11(4)22-19(24-18(13)28)26-16(9(2)10(3)25-26)23-17(27)12-6-7-14(20)15(21)8-12/h6-8H,5H2,1-4H3,(H,23,27)(H,22,24,28). The second kappa shape index (κ2) is 7.55. The Bertz CT molecular complexity index is 1140. The van der Waals surface area contributed by atoms with Gasteiger partial charge in [0.05, 0.1) is 10.7 Å². The zero-order valence-electron chi connectivity index (χ0n) is 15.9. The summed E-state index contributed by atoms with van der Waals surface area (Å²) in [5.41, 5.74) is 2.37. The second-order valence-corrected chi connectivity index (χ2v) is 6.77. The average molecular weight is 404 g/mol. The molecule has 28 heavy (non-hydrogen) atoms. The highest BCUT2D eigenvalue weighted by Gasteiger charge is 2.19. The number of benzene rings is 1. The highest BCUT2D eigenvalue weighted by molar-refractivity contribution is 6.30. The molecule has 0 spiro atoms. The number of hydrogen-bond donors (Lipinski definition) is 2. The second-order valence-electron chi connectivity index (χ2n) is 6.36. The fraction of sp³-hybridized carbons (Fsp3) is 0.263. The summed E-state index contributed by atoms with van der Waals surface area (Å²) in [4.78, 5) is 32.0. The van der Waals surface area contributed by atoms with E-state index in [9.17, 15) is 14.0 Å². The normalized spacial score (nSPS) is 10.9. The molecule has 7 nitrogen and oxygen atoms in total. The van der Waals surface area contributed by atoms with Gasteiger partial charge in [0.1, 0.15) is 11.6 Å². The predicted octanol–water partition coefficient (Wildman–Crippen LogP) is 3.49. The molecule has 0 aliphatic rings. The van der Waals surface area contributed by atoms with Crippen LogP contribution in [0.5, 0.6) is 0 Å². The quantitative estimate of drug-likeness (QED) is 0.697. The van der Waals surface area contributed by atoms with Gasteiger partial charge in [-0.3, -0.25) is 14.6 Å². The van der Waals surface area contributed by atoms with Crippen LogP contribution >= 0.6 is 11.6 Å². The van der Waals surface area contributed by atoms with Crippen LogP contribution in [0, 0.1) is 26.6 Å².